The zero-order valence-corrected chi connectivity index (χ0v) is 14.5. The molecule has 0 radical (unpaired) electrons. The number of Topliss-reactive ketones (excluding diaryl/α,β-unsaturated/α-hetero) is 1. The fourth-order valence-electron chi connectivity index (χ4n) is 2.09. The lowest BCUT2D eigenvalue weighted by molar-refractivity contribution is 0.0316. The molecule has 120 valence electrons. The summed E-state index contributed by atoms with van der Waals surface area (Å²) in [5.41, 5.74) is 1.63. The SMILES string of the molecule is CCc1ccc(C(=O)[C@@H](C)OC(=O)c2cc(Br)ccc2O)cc1. The molecule has 0 aliphatic heterocycles. The van der Waals surface area contributed by atoms with Gasteiger partial charge in [-0.3, -0.25) is 4.79 Å². The molecule has 23 heavy (non-hydrogen) atoms. The molecule has 4 nitrogen and oxygen atoms in total. The molecule has 1 N–H and O–H groups in total. The van der Waals surface area contributed by atoms with Crippen LogP contribution in [0.15, 0.2) is 46.9 Å². The Morgan fingerprint density at radius 1 is 1.17 bits per heavy atom. The number of ketones is 1. The Kier molecular flexibility index (Phi) is 5.55. The van der Waals surface area contributed by atoms with Crippen molar-refractivity contribution in [3.05, 3.63) is 63.6 Å². The second-order valence-corrected chi connectivity index (χ2v) is 6.04. The van der Waals surface area contributed by atoms with E-state index in [1.807, 2.05) is 19.1 Å². The van der Waals surface area contributed by atoms with Gasteiger partial charge in [0.1, 0.15) is 11.3 Å². The number of carbonyl (C=O) groups excluding carboxylic acids is 2. The summed E-state index contributed by atoms with van der Waals surface area (Å²) >= 11 is 3.22. The van der Waals surface area contributed by atoms with Crippen LogP contribution in [0.4, 0.5) is 0 Å². The Bertz CT molecular complexity index is 722. The molecule has 2 aromatic carbocycles. The van der Waals surface area contributed by atoms with E-state index in [9.17, 15) is 14.7 Å². The van der Waals surface area contributed by atoms with E-state index < -0.39 is 12.1 Å². The predicted molar refractivity (Wildman–Crippen MR) is 90.8 cm³/mol. The second-order valence-electron chi connectivity index (χ2n) is 5.12. The summed E-state index contributed by atoms with van der Waals surface area (Å²) in [6.07, 6.45) is -0.0467. The summed E-state index contributed by atoms with van der Waals surface area (Å²) in [6, 6.07) is 11.6. The zero-order chi connectivity index (χ0) is 17.0. The van der Waals surface area contributed by atoms with Gasteiger partial charge in [-0.2, -0.15) is 0 Å². The number of benzene rings is 2. The molecular formula is C18H17BrO4. The molecule has 1 atom stereocenters. The third kappa shape index (κ3) is 4.20. The number of hydrogen-bond acceptors (Lipinski definition) is 4. The minimum atomic E-state index is -0.937. The van der Waals surface area contributed by atoms with Crippen LogP contribution in [-0.2, 0) is 11.2 Å². The maximum absolute atomic E-state index is 12.3. The average molecular weight is 377 g/mol. The zero-order valence-electron chi connectivity index (χ0n) is 12.9. The van der Waals surface area contributed by atoms with Gasteiger partial charge in [0.2, 0.25) is 5.78 Å². The summed E-state index contributed by atoms with van der Waals surface area (Å²) in [4.78, 5) is 24.4. The molecule has 0 amide bonds. The van der Waals surface area contributed by atoms with Gasteiger partial charge in [0, 0.05) is 10.0 Å². The normalized spacial score (nSPS) is 11.8. The topological polar surface area (TPSA) is 63.6 Å². The highest BCUT2D eigenvalue weighted by Gasteiger charge is 2.22. The van der Waals surface area contributed by atoms with Crippen molar-refractivity contribution in [3.8, 4) is 5.75 Å². The third-order valence-corrected chi connectivity index (χ3v) is 3.97. The molecule has 0 unspecified atom stereocenters. The van der Waals surface area contributed by atoms with Crippen molar-refractivity contribution in [2.45, 2.75) is 26.4 Å². The fourth-order valence-corrected chi connectivity index (χ4v) is 2.45. The first-order valence-electron chi connectivity index (χ1n) is 7.25. The molecule has 0 aliphatic carbocycles. The Morgan fingerprint density at radius 2 is 1.83 bits per heavy atom. The van der Waals surface area contributed by atoms with Crippen LogP contribution in [0.25, 0.3) is 0 Å². The highest BCUT2D eigenvalue weighted by atomic mass is 79.9. The molecule has 2 rings (SSSR count). The minimum Gasteiger partial charge on any atom is -0.507 e. The van der Waals surface area contributed by atoms with Crippen LogP contribution in [0.5, 0.6) is 5.75 Å². The Balaban J connectivity index is 2.10. The lowest BCUT2D eigenvalue weighted by Gasteiger charge is -2.13. The molecule has 0 saturated heterocycles. The van der Waals surface area contributed by atoms with E-state index >= 15 is 0 Å². The lowest BCUT2D eigenvalue weighted by atomic mass is 10.0. The summed E-state index contributed by atoms with van der Waals surface area (Å²) in [5, 5.41) is 9.72. The van der Waals surface area contributed by atoms with Gasteiger partial charge in [0.05, 0.1) is 0 Å². The number of phenols is 1. The summed E-state index contributed by atoms with van der Waals surface area (Å²) in [5.74, 6) is -1.21. The van der Waals surface area contributed by atoms with E-state index in [0.717, 1.165) is 12.0 Å². The van der Waals surface area contributed by atoms with Crippen LogP contribution < -0.4 is 0 Å². The maximum atomic E-state index is 12.3. The molecule has 0 aromatic heterocycles. The number of aromatic hydroxyl groups is 1. The predicted octanol–water partition coefficient (Wildman–Crippen LogP) is 4.15. The van der Waals surface area contributed by atoms with E-state index in [2.05, 4.69) is 15.9 Å². The van der Waals surface area contributed by atoms with E-state index in [-0.39, 0.29) is 17.1 Å². The van der Waals surface area contributed by atoms with Crippen LogP contribution in [0.1, 0.15) is 40.1 Å². The molecular weight excluding hydrogens is 360 g/mol. The number of ether oxygens (including phenoxy) is 1. The molecule has 5 heteroatoms. The molecule has 0 aliphatic rings. The van der Waals surface area contributed by atoms with Gasteiger partial charge >= 0.3 is 5.97 Å². The van der Waals surface area contributed by atoms with Gasteiger partial charge in [0.25, 0.3) is 0 Å². The lowest BCUT2D eigenvalue weighted by Crippen LogP contribution is -2.24. The van der Waals surface area contributed by atoms with Gasteiger partial charge in [-0.15, -0.1) is 0 Å². The molecule has 0 spiro atoms. The molecule has 0 heterocycles. The van der Waals surface area contributed by atoms with Crippen molar-refractivity contribution >= 4 is 27.7 Å². The van der Waals surface area contributed by atoms with Gasteiger partial charge in [-0.25, -0.2) is 4.79 Å². The number of hydrogen-bond donors (Lipinski definition) is 1. The van der Waals surface area contributed by atoms with Crippen LogP contribution >= 0.6 is 15.9 Å². The van der Waals surface area contributed by atoms with E-state index in [1.165, 1.54) is 19.1 Å². The Labute approximate surface area is 143 Å². The van der Waals surface area contributed by atoms with E-state index in [4.69, 9.17) is 4.74 Å². The number of esters is 1. The first-order chi connectivity index (χ1) is 10.9. The highest BCUT2D eigenvalue weighted by Crippen LogP contribution is 2.23. The van der Waals surface area contributed by atoms with Gasteiger partial charge in [-0.05, 0) is 37.1 Å². The van der Waals surface area contributed by atoms with Crippen LogP contribution in [0.3, 0.4) is 0 Å². The van der Waals surface area contributed by atoms with Crippen LogP contribution in [-0.4, -0.2) is 23.0 Å². The van der Waals surface area contributed by atoms with Gasteiger partial charge in [-0.1, -0.05) is 47.1 Å². The Hall–Kier alpha value is -2.14. The highest BCUT2D eigenvalue weighted by molar-refractivity contribution is 9.10. The van der Waals surface area contributed by atoms with E-state index in [0.29, 0.717) is 10.0 Å². The first kappa shape index (κ1) is 17.2. The largest absolute Gasteiger partial charge is 0.507 e. The summed E-state index contributed by atoms with van der Waals surface area (Å²) in [6.45, 7) is 3.55. The van der Waals surface area contributed by atoms with Crippen molar-refractivity contribution in [1.29, 1.82) is 0 Å². The monoisotopic (exact) mass is 376 g/mol. The number of phenolic OH excluding ortho intramolecular Hbond substituents is 1. The standard InChI is InChI=1S/C18H17BrO4/c1-3-12-4-6-13(7-5-12)17(21)11(2)23-18(22)15-10-14(19)8-9-16(15)20/h4-11,20H,3H2,1-2H3/t11-/m1/s1. The van der Waals surface area contributed by atoms with Crippen molar-refractivity contribution in [3.63, 3.8) is 0 Å². The summed E-state index contributed by atoms with van der Waals surface area (Å²) in [7, 11) is 0. The first-order valence-corrected chi connectivity index (χ1v) is 8.04. The molecule has 0 fully saturated rings. The molecule has 0 bridgehead atoms. The second kappa shape index (κ2) is 7.42. The van der Waals surface area contributed by atoms with E-state index in [1.54, 1.807) is 18.2 Å². The summed E-state index contributed by atoms with van der Waals surface area (Å²) < 4.78 is 5.81. The number of aryl methyl sites for hydroxylation is 1. The average Bonchev–Trinajstić information content (AvgIpc) is 2.56. The van der Waals surface area contributed by atoms with Gasteiger partial charge < -0.3 is 9.84 Å². The van der Waals surface area contributed by atoms with Crippen molar-refractivity contribution in [2.75, 3.05) is 0 Å². The quantitative estimate of drug-likeness (QED) is 0.628. The Morgan fingerprint density at radius 3 is 2.43 bits per heavy atom. The number of carbonyl (C=O) groups is 2. The number of rotatable bonds is 5. The molecule has 0 saturated carbocycles. The molecule has 2 aromatic rings. The van der Waals surface area contributed by atoms with Gasteiger partial charge in [0.15, 0.2) is 6.10 Å². The van der Waals surface area contributed by atoms with Crippen LogP contribution in [0.2, 0.25) is 0 Å². The number of halogens is 1. The third-order valence-electron chi connectivity index (χ3n) is 3.48. The fraction of sp³-hybridized carbons (Fsp3) is 0.222. The minimum absolute atomic E-state index is 0.0142. The van der Waals surface area contributed by atoms with Crippen LogP contribution in [0, 0.1) is 0 Å². The van der Waals surface area contributed by atoms with Crippen molar-refractivity contribution < 1.29 is 19.4 Å². The van der Waals surface area contributed by atoms with Crippen molar-refractivity contribution in [2.24, 2.45) is 0 Å². The smallest absolute Gasteiger partial charge is 0.342 e. The van der Waals surface area contributed by atoms with Crippen molar-refractivity contribution in [1.82, 2.24) is 0 Å². The maximum Gasteiger partial charge on any atom is 0.342 e.